The van der Waals surface area contributed by atoms with E-state index in [0.717, 1.165) is 17.8 Å². The highest BCUT2D eigenvalue weighted by molar-refractivity contribution is 7.89. The van der Waals surface area contributed by atoms with E-state index < -0.39 is 10.0 Å². The minimum atomic E-state index is -3.67. The summed E-state index contributed by atoms with van der Waals surface area (Å²) in [6, 6.07) is 1.64. The SMILES string of the molecule is C[C@@H](NC(=O)c1sccc1S(=O)(=O)N1CCOCC1)C12CC3CC(CC(C3)C1)C2. The van der Waals surface area contributed by atoms with Crippen molar-refractivity contribution in [2.45, 2.75) is 56.4 Å². The Balaban J connectivity index is 1.34. The summed E-state index contributed by atoms with van der Waals surface area (Å²) in [4.78, 5) is 13.6. The lowest BCUT2D eigenvalue weighted by atomic mass is 9.48. The average Bonchev–Trinajstić information content (AvgIpc) is 3.18. The predicted octanol–water partition coefficient (Wildman–Crippen LogP) is 3.10. The molecule has 4 bridgehead atoms. The first-order chi connectivity index (χ1) is 13.9. The number of hydrogen-bond acceptors (Lipinski definition) is 5. The second-order valence-electron chi connectivity index (χ2n) is 9.61. The summed E-state index contributed by atoms with van der Waals surface area (Å²) < 4.78 is 32.9. The van der Waals surface area contributed by atoms with Gasteiger partial charge in [0.15, 0.2) is 0 Å². The largest absolute Gasteiger partial charge is 0.379 e. The van der Waals surface area contributed by atoms with Crippen molar-refractivity contribution < 1.29 is 17.9 Å². The van der Waals surface area contributed by atoms with Crippen LogP contribution in [0.15, 0.2) is 16.3 Å². The van der Waals surface area contributed by atoms with E-state index in [9.17, 15) is 13.2 Å². The smallest absolute Gasteiger partial charge is 0.262 e. The lowest BCUT2D eigenvalue weighted by molar-refractivity contribution is -0.0687. The standard InChI is InChI=1S/C21H30N2O4S2/c1-14(21-11-15-8-16(12-21)10-17(9-15)13-21)22-20(24)19-18(2-7-28-19)29(25,26)23-3-5-27-6-4-23/h2,7,14-17H,3-6,8-13H2,1H3,(H,22,24)/t14-,15?,16?,17?,21?/m1/s1. The van der Waals surface area contributed by atoms with Crippen LogP contribution >= 0.6 is 11.3 Å². The van der Waals surface area contributed by atoms with Crippen LogP contribution < -0.4 is 5.32 Å². The zero-order chi connectivity index (χ0) is 20.2. The number of carbonyl (C=O) groups excluding carboxylic acids is 1. The number of amides is 1. The quantitative estimate of drug-likeness (QED) is 0.766. The Bertz CT molecular complexity index is 853. The van der Waals surface area contributed by atoms with Crippen molar-refractivity contribution in [1.29, 1.82) is 0 Å². The highest BCUT2D eigenvalue weighted by atomic mass is 32.2. The Morgan fingerprint density at radius 2 is 1.76 bits per heavy atom. The number of nitrogens with one attached hydrogen (secondary N) is 1. The van der Waals surface area contributed by atoms with E-state index in [2.05, 4.69) is 12.2 Å². The first-order valence-corrected chi connectivity index (χ1v) is 13.2. The highest BCUT2D eigenvalue weighted by Gasteiger charge is 2.53. The van der Waals surface area contributed by atoms with Gasteiger partial charge in [0.25, 0.3) is 5.91 Å². The summed E-state index contributed by atoms with van der Waals surface area (Å²) >= 11 is 1.22. The molecular formula is C21H30N2O4S2. The number of ether oxygens (including phenoxy) is 1. The molecule has 29 heavy (non-hydrogen) atoms. The molecular weight excluding hydrogens is 408 g/mol. The minimum Gasteiger partial charge on any atom is -0.379 e. The van der Waals surface area contributed by atoms with E-state index >= 15 is 0 Å². The monoisotopic (exact) mass is 438 g/mol. The van der Waals surface area contributed by atoms with Crippen LogP contribution in [0.5, 0.6) is 0 Å². The molecule has 1 aromatic rings. The Hall–Kier alpha value is -0.960. The van der Waals surface area contributed by atoms with Crippen molar-refractivity contribution in [3.63, 3.8) is 0 Å². The fourth-order valence-corrected chi connectivity index (χ4v) is 9.43. The molecule has 2 heterocycles. The van der Waals surface area contributed by atoms with Gasteiger partial charge in [-0.15, -0.1) is 11.3 Å². The van der Waals surface area contributed by atoms with Crippen LogP contribution in [-0.4, -0.2) is 51.0 Å². The Morgan fingerprint density at radius 1 is 1.17 bits per heavy atom. The first-order valence-electron chi connectivity index (χ1n) is 10.8. The maximum atomic E-state index is 13.2. The van der Waals surface area contributed by atoms with Crippen LogP contribution in [0.3, 0.4) is 0 Å². The molecule has 1 saturated heterocycles. The minimum absolute atomic E-state index is 0.0736. The van der Waals surface area contributed by atoms with E-state index in [-0.39, 0.29) is 22.3 Å². The number of rotatable bonds is 5. The summed E-state index contributed by atoms with van der Waals surface area (Å²) in [5.41, 5.74) is 0.199. The Labute approximate surface area is 177 Å². The molecule has 1 aliphatic heterocycles. The van der Waals surface area contributed by atoms with Crippen molar-refractivity contribution >= 4 is 27.3 Å². The summed E-state index contributed by atoms with van der Waals surface area (Å²) in [6.45, 7) is 3.60. The van der Waals surface area contributed by atoms with Gasteiger partial charge in [-0.1, -0.05) is 0 Å². The predicted molar refractivity (Wildman–Crippen MR) is 111 cm³/mol. The normalized spacial score (nSPS) is 35.6. The van der Waals surface area contributed by atoms with Crippen LogP contribution in [0.2, 0.25) is 0 Å². The van der Waals surface area contributed by atoms with Crippen molar-refractivity contribution in [1.82, 2.24) is 9.62 Å². The van der Waals surface area contributed by atoms with Crippen molar-refractivity contribution in [2.75, 3.05) is 26.3 Å². The summed E-state index contributed by atoms with van der Waals surface area (Å²) in [7, 11) is -3.67. The molecule has 0 spiro atoms. The fourth-order valence-electron chi connectivity index (χ4n) is 6.72. The van der Waals surface area contributed by atoms with Gasteiger partial charge < -0.3 is 10.1 Å². The number of nitrogens with zero attached hydrogens (tertiary/aromatic N) is 1. The van der Waals surface area contributed by atoms with E-state index in [1.54, 1.807) is 11.4 Å². The van der Waals surface area contributed by atoms with Crippen LogP contribution in [-0.2, 0) is 14.8 Å². The average molecular weight is 439 g/mol. The van der Waals surface area contributed by atoms with Crippen molar-refractivity contribution in [3.05, 3.63) is 16.3 Å². The van der Waals surface area contributed by atoms with Gasteiger partial charge in [0.05, 0.1) is 13.2 Å². The number of thiophene rings is 1. The van der Waals surface area contributed by atoms with Gasteiger partial charge in [-0.25, -0.2) is 8.42 Å². The molecule has 1 atom stereocenters. The van der Waals surface area contributed by atoms with Crippen LogP contribution in [0, 0.1) is 23.2 Å². The van der Waals surface area contributed by atoms with Gasteiger partial charge >= 0.3 is 0 Å². The number of sulfonamides is 1. The maximum Gasteiger partial charge on any atom is 0.262 e. The van der Waals surface area contributed by atoms with Gasteiger partial charge in [-0.05, 0) is 80.1 Å². The summed E-state index contributed by atoms with van der Waals surface area (Å²) in [6.07, 6.45) is 7.74. The molecule has 0 aromatic carbocycles. The molecule has 0 radical (unpaired) electrons. The Kier molecular flexibility index (Phi) is 5.04. The zero-order valence-corrected chi connectivity index (χ0v) is 18.6. The molecule has 6 rings (SSSR count). The van der Waals surface area contributed by atoms with Crippen LogP contribution in [0.1, 0.15) is 55.1 Å². The zero-order valence-electron chi connectivity index (χ0n) is 16.9. The molecule has 1 N–H and O–H groups in total. The molecule has 0 unspecified atom stereocenters. The molecule has 5 aliphatic rings. The first kappa shape index (κ1) is 20.0. The molecule has 4 aliphatic carbocycles. The van der Waals surface area contributed by atoms with Crippen molar-refractivity contribution in [2.24, 2.45) is 23.2 Å². The van der Waals surface area contributed by atoms with Gasteiger partial charge in [0, 0.05) is 19.1 Å². The van der Waals surface area contributed by atoms with E-state index in [1.165, 1.54) is 54.2 Å². The molecule has 4 saturated carbocycles. The lowest BCUT2D eigenvalue weighted by Gasteiger charge is -2.59. The van der Waals surface area contributed by atoms with Crippen LogP contribution in [0.25, 0.3) is 0 Å². The van der Waals surface area contributed by atoms with Crippen LogP contribution in [0.4, 0.5) is 0 Å². The van der Waals surface area contributed by atoms with E-state index in [0.29, 0.717) is 31.2 Å². The van der Waals surface area contributed by atoms with E-state index in [4.69, 9.17) is 4.74 Å². The van der Waals surface area contributed by atoms with Crippen molar-refractivity contribution in [3.8, 4) is 0 Å². The third kappa shape index (κ3) is 3.46. The molecule has 6 nitrogen and oxygen atoms in total. The van der Waals surface area contributed by atoms with Gasteiger partial charge in [-0.3, -0.25) is 4.79 Å². The lowest BCUT2D eigenvalue weighted by Crippen LogP contribution is -2.55. The topological polar surface area (TPSA) is 75.7 Å². The van der Waals surface area contributed by atoms with Gasteiger partial charge in [0.2, 0.25) is 10.0 Å². The second kappa shape index (κ2) is 7.32. The third-order valence-corrected chi connectivity index (χ3v) is 10.8. The molecule has 1 amide bonds. The molecule has 160 valence electrons. The second-order valence-corrected chi connectivity index (χ2v) is 12.4. The number of morpholine rings is 1. The highest BCUT2D eigenvalue weighted by Crippen LogP contribution is 2.61. The number of carbonyl (C=O) groups is 1. The molecule has 8 heteroatoms. The van der Waals surface area contributed by atoms with E-state index in [1.807, 2.05) is 0 Å². The van der Waals surface area contributed by atoms with Gasteiger partial charge in [0.1, 0.15) is 9.77 Å². The summed E-state index contributed by atoms with van der Waals surface area (Å²) in [5, 5.41) is 4.92. The maximum absolute atomic E-state index is 13.2. The summed E-state index contributed by atoms with van der Waals surface area (Å²) in [5.74, 6) is 2.22. The molecule has 5 fully saturated rings. The number of hydrogen-bond donors (Lipinski definition) is 1. The molecule has 1 aromatic heterocycles. The van der Waals surface area contributed by atoms with Gasteiger partial charge in [-0.2, -0.15) is 4.31 Å². The fraction of sp³-hybridized carbons (Fsp3) is 0.762. The third-order valence-electron chi connectivity index (χ3n) is 7.77. The Morgan fingerprint density at radius 3 is 2.34 bits per heavy atom.